The van der Waals surface area contributed by atoms with Gasteiger partial charge >= 0.3 is 6.18 Å². The first kappa shape index (κ1) is 10.8. The molecular formula is C7H13F3O. The Labute approximate surface area is 64.2 Å². The summed E-state index contributed by atoms with van der Waals surface area (Å²) in [4.78, 5) is 0. The summed E-state index contributed by atoms with van der Waals surface area (Å²) in [6.45, 7) is 2.95. The van der Waals surface area contributed by atoms with Gasteiger partial charge in [-0.3, -0.25) is 0 Å². The maximum atomic E-state index is 12.0. The van der Waals surface area contributed by atoms with Crippen molar-refractivity contribution in [1.82, 2.24) is 0 Å². The topological polar surface area (TPSA) is 20.2 Å². The number of alkyl halides is 3. The van der Waals surface area contributed by atoms with Crippen LogP contribution in [-0.4, -0.2) is 16.9 Å². The Kier molecular flexibility index (Phi) is 3.35. The largest absolute Gasteiger partial charge is 0.417 e. The van der Waals surface area contributed by atoms with Crippen LogP contribution in [-0.2, 0) is 0 Å². The van der Waals surface area contributed by atoms with Crippen LogP contribution in [0.1, 0.15) is 33.1 Å². The molecule has 1 atom stereocenters. The van der Waals surface area contributed by atoms with Crippen molar-refractivity contribution in [2.75, 3.05) is 0 Å². The second kappa shape index (κ2) is 3.43. The average Bonchev–Trinajstić information content (AvgIpc) is 1.86. The summed E-state index contributed by atoms with van der Waals surface area (Å²) >= 11 is 0. The van der Waals surface area contributed by atoms with Gasteiger partial charge in [0, 0.05) is 0 Å². The molecule has 0 radical (unpaired) electrons. The van der Waals surface area contributed by atoms with Crippen LogP contribution in [0.5, 0.6) is 0 Å². The van der Waals surface area contributed by atoms with E-state index >= 15 is 0 Å². The van der Waals surface area contributed by atoms with E-state index in [1.165, 1.54) is 6.92 Å². The van der Waals surface area contributed by atoms with Crippen molar-refractivity contribution in [2.45, 2.75) is 44.9 Å². The standard InChI is InChI=1S/C7H13F3O/c1-3-5-6(11,4-2)7(8,9)10/h11H,3-5H2,1-2H3. The Morgan fingerprint density at radius 3 is 1.73 bits per heavy atom. The van der Waals surface area contributed by atoms with Crippen LogP contribution in [0.2, 0.25) is 0 Å². The summed E-state index contributed by atoms with van der Waals surface area (Å²) in [5.41, 5.74) is -2.47. The van der Waals surface area contributed by atoms with Gasteiger partial charge in [0.25, 0.3) is 0 Å². The van der Waals surface area contributed by atoms with Gasteiger partial charge in [-0.1, -0.05) is 20.3 Å². The lowest BCUT2D eigenvalue weighted by Gasteiger charge is -2.28. The van der Waals surface area contributed by atoms with E-state index < -0.39 is 11.8 Å². The Bertz CT molecular complexity index is 121. The predicted molar refractivity (Wildman–Crippen MR) is 36.2 cm³/mol. The van der Waals surface area contributed by atoms with Crippen molar-refractivity contribution in [3.05, 3.63) is 0 Å². The summed E-state index contributed by atoms with van der Waals surface area (Å²) < 4.78 is 36.1. The Morgan fingerprint density at radius 1 is 1.18 bits per heavy atom. The van der Waals surface area contributed by atoms with E-state index in [0.29, 0.717) is 6.42 Å². The van der Waals surface area contributed by atoms with Gasteiger partial charge < -0.3 is 5.11 Å². The van der Waals surface area contributed by atoms with E-state index in [4.69, 9.17) is 5.11 Å². The van der Waals surface area contributed by atoms with Gasteiger partial charge in [0.1, 0.15) is 0 Å². The number of rotatable bonds is 3. The molecule has 1 N–H and O–H groups in total. The highest BCUT2D eigenvalue weighted by Crippen LogP contribution is 2.36. The molecule has 1 nitrogen and oxygen atoms in total. The summed E-state index contributed by atoms with van der Waals surface area (Å²) in [5, 5.41) is 9.03. The van der Waals surface area contributed by atoms with Crippen LogP contribution >= 0.6 is 0 Å². The van der Waals surface area contributed by atoms with Gasteiger partial charge in [0.15, 0.2) is 5.60 Å². The average molecular weight is 170 g/mol. The number of halogens is 3. The normalized spacial score (nSPS) is 18.0. The lowest BCUT2D eigenvalue weighted by molar-refractivity contribution is -0.263. The lowest BCUT2D eigenvalue weighted by Crippen LogP contribution is -2.44. The third-order valence-electron chi connectivity index (χ3n) is 1.78. The Hall–Kier alpha value is -0.250. The molecule has 11 heavy (non-hydrogen) atoms. The molecule has 0 rings (SSSR count). The number of hydrogen-bond donors (Lipinski definition) is 1. The van der Waals surface area contributed by atoms with Crippen LogP contribution in [0.4, 0.5) is 13.2 Å². The fourth-order valence-corrected chi connectivity index (χ4v) is 0.933. The molecule has 0 fully saturated rings. The monoisotopic (exact) mass is 170 g/mol. The molecule has 0 saturated heterocycles. The van der Waals surface area contributed by atoms with Crippen LogP contribution < -0.4 is 0 Å². The van der Waals surface area contributed by atoms with Gasteiger partial charge in [0.05, 0.1) is 0 Å². The molecule has 0 bridgehead atoms. The molecule has 0 aliphatic rings. The van der Waals surface area contributed by atoms with Crippen LogP contribution in [0.25, 0.3) is 0 Å². The lowest BCUT2D eigenvalue weighted by atomic mass is 9.94. The van der Waals surface area contributed by atoms with E-state index in [0.717, 1.165) is 0 Å². The quantitative estimate of drug-likeness (QED) is 0.689. The number of aliphatic hydroxyl groups is 1. The minimum Gasteiger partial charge on any atom is -0.380 e. The SMILES string of the molecule is CCCC(O)(CC)C(F)(F)F. The van der Waals surface area contributed by atoms with Gasteiger partial charge in [-0.15, -0.1) is 0 Å². The molecule has 0 amide bonds. The molecule has 0 heterocycles. The third kappa shape index (κ3) is 2.36. The Balaban J connectivity index is 4.33. The Morgan fingerprint density at radius 2 is 1.64 bits per heavy atom. The predicted octanol–water partition coefficient (Wildman–Crippen LogP) is 2.49. The first-order chi connectivity index (χ1) is 4.87. The number of hydrogen-bond acceptors (Lipinski definition) is 1. The van der Waals surface area contributed by atoms with Crippen molar-refractivity contribution >= 4 is 0 Å². The van der Waals surface area contributed by atoms with Crippen molar-refractivity contribution in [1.29, 1.82) is 0 Å². The van der Waals surface area contributed by atoms with Crippen molar-refractivity contribution in [3.63, 3.8) is 0 Å². The fourth-order valence-electron chi connectivity index (χ4n) is 0.933. The smallest absolute Gasteiger partial charge is 0.380 e. The van der Waals surface area contributed by atoms with E-state index in [1.807, 2.05) is 0 Å². The molecule has 0 aromatic rings. The summed E-state index contributed by atoms with van der Waals surface area (Å²) in [6, 6.07) is 0. The molecule has 0 aromatic carbocycles. The van der Waals surface area contributed by atoms with Gasteiger partial charge in [-0.05, 0) is 12.8 Å². The van der Waals surface area contributed by atoms with Crippen LogP contribution in [0.15, 0.2) is 0 Å². The molecule has 1 unspecified atom stereocenters. The highest BCUT2D eigenvalue weighted by atomic mass is 19.4. The molecule has 0 aliphatic carbocycles. The van der Waals surface area contributed by atoms with Crippen molar-refractivity contribution in [3.8, 4) is 0 Å². The molecule has 0 aromatic heterocycles. The van der Waals surface area contributed by atoms with E-state index in [-0.39, 0.29) is 12.8 Å². The molecule has 68 valence electrons. The maximum Gasteiger partial charge on any atom is 0.417 e. The third-order valence-corrected chi connectivity index (χ3v) is 1.78. The molecule has 0 aliphatic heterocycles. The first-order valence-electron chi connectivity index (χ1n) is 3.66. The van der Waals surface area contributed by atoms with E-state index in [1.54, 1.807) is 6.92 Å². The highest BCUT2D eigenvalue weighted by Gasteiger charge is 2.51. The van der Waals surface area contributed by atoms with Gasteiger partial charge in [-0.2, -0.15) is 13.2 Å². The molecule has 0 saturated carbocycles. The van der Waals surface area contributed by atoms with Crippen molar-refractivity contribution < 1.29 is 18.3 Å². The second-order valence-corrected chi connectivity index (χ2v) is 2.63. The summed E-state index contributed by atoms with van der Waals surface area (Å²) in [5.74, 6) is 0. The van der Waals surface area contributed by atoms with Crippen molar-refractivity contribution in [2.24, 2.45) is 0 Å². The molecule has 4 heteroatoms. The maximum absolute atomic E-state index is 12.0. The second-order valence-electron chi connectivity index (χ2n) is 2.63. The minimum atomic E-state index is -4.49. The van der Waals surface area contributed by atoms with Gasteiger partial charge in [0.2, 0.25) is 0 Å². The van der Waals surface area contributed by atoms with E-state index in [2.05, 4.69) is 0 Å². The zero-order valence-electron chi connectivity index (χ0n) is 6.70. The van der Waals surface area contributed by atoms with Gasteiger partial charge in [-0.25, -0.2) is 0 Å². The summed E-state index contributed by atoms with van der Waals surface area (Å²) in [7, 11) is 0. The molecular weight excluding hydrogens is 157 g/mol. The first-order valence-corrected chi connectivity index (χ1v) is 3.66. The summed E-state index contributed by atoms with van der Waals surface area (Å²) in [6.07, 6.45) is -4.64. The zero-order chi connectivity index (χ0) is 9.12. The highest BCUT2D eigenvalue weighted by molar-refractivity contribution is 4.84. The van der Waals surface area contributed by atoms with Crippen LogP contribution in [0.3, 0.4) is 0 Å². The fraction of sp³-hybridized carbons (Fsp3) is 1.00. The van der Waals surface area contributed by atoms with Crippen LogP contribution in [0, 0.1) is 0 Å². The minimum absolute atomic E-state index is 0.215. The zero-order valence-corrected chi connectivity index (χ0v) is 6.70. The molecule has 0 spiro atoms. The van der Waals surface area contributed by atoms with E-state index in [9.17, 15) is 13.2 Å².